The van der Waals surface area contributed by atoms with E-state index in [1.807, 2.05) is 0 Å². The van der Waals surface area contributed by atoms with E-state index >= 15 is 0 Å². The molecule has 2 atom stereocenters. The largest absolute Gasteiger partial charge is 0.385 e. The Bertz CT molecular complexity index is 366. The van der Waals surface area contributed by atoms with Crippen molar-refractivity contribution in [2.75, 3.05) is 13.7 Å². The van der Waals surface area contributed by atoms with Crippen LogP contribution in [0.2, 0.25) is 4.34 Å². The molecule has 1 aromatic heterocycles. The van der Waals surface area contributed by atoms with E-state index in [9.17, 15) is 0 Å². The first-order valence-corrected chi connectivity index (χ1v) is 7.43. The van der Waals surface area contributed by atoms with Gasteiger partial charge in [0, 0.05) is 30.7 Å². The fourth-order valence-corrected chi connectivity index (χ4v) is 3.80. The third kappa shape index (κ3) is 3.44. The highest BCUT2D eigenvalue weighted by Gasteiger charge is 2.23. The molecule has 17 heavy (non-hydrogen) atoms. The van der Waals surface area contributed by atoms with E-state index in [1.54, 1.807) is 18.4 Å². The Kier molecular flexibility index (Phi) is 4.86. The predicted octanol–water partition coefficient (Wildman–Crippen LogP) is 3.79. The third-order valence-corrected chi connectivity index (χ3v) is 4.66. The quantitative estimate of drug-likeness (QED) is 0.881. The summed E-state index contributed by atoms with van der Waals surface area (Å²) in [5.41, 5.74) is 1.43. The van der Waals surface area contributed by atoms with Crippen LogP contribution in [0.5, 0.6) is 0 Å². The normalized spacial score (nSPS) is 21.2. The minimum Gasteiger partial charge on any atom is -0.385 e. The van der Waals surface area contributed by atoms with E-state index < -0.39 is 0 Å². The summed E-state index contributed by atoms with van der Waals surface area (Å²) in [5, 5.41) is 3.69. The molecule has 0 saturated carbocycles. The number of halogens is 1. The van der Waals surface area contributed by atoms with Crippen LogP contribution in [-0.4, -0.2) is 19.8 Å². The Hall–Kier alpha value is -0.0900. The molecule has 1 aliphatic rings. The molecule has 0 aromatic carbocycles. The van der Waals surface area contributed by atoms with Gasteiger partial charge in [0.05, 0.1) is 4.34 Å². The van der Waals surface area contributed by atoms with Crippen molar-refractivity contribution in [2.24, 2.45) is 0 Å². The monoisotopic (exact) mass is 273 g/mol. The summed E-state index contributed by atoms with van der Waals surface area (Å²) in [6.07, 6.45) is 4.73. The van der Waals surface area contributed by atoms with Gasteiger partial charge < -0.3 is 10.1 Å². The summed E-state index contributed by atoms with van der Waals surface area (Å²) in [5.74, 6) is 0. The van der Waals surface area contributed by atoms with Crippen molar-refractivity contribution in [3.8, 4) is 0 Å². The molecule has 1 N–H and O–H groups in total. The first-order valence-electron chi connectivity index (χ1n) is 6.23. The Balaban J connectivity index is 1.98. The van der Waals surface area contributed by atoms with Gasteiger partial charge in [-0.3, -0.25) is 0 Å². The zero-order valence-electron chi connectivity index (χ0n) is 10.5. The predicted molar refractivity (Wildman–Crippen MR) is 74.1 cm³/mol. The van der Waals surface area contributed by atoms with Gasteiger partial charge in [-0.25, -0.2) is 0 Å². The van der Waals surface area contributed by atoms with Crippen LogP contribution in [0.4, 0.5) is 0 Å². The van der Waals surface area contributed by atoms with Crippen molar-refractivity contribution in [1.82, 2.24) is 5.32 Å². The molecule has 0 aliphatic heterocycles. The van der Waals surface area contributed by atoms with Crippen molar-refractivity contribution >= 4 is 22.9 Å². The molecule has 96 valence electrons. The van der Waals surface area contributed by atoms with Gasteiger partial charge in [-0.05, 0) is 44.2 Å². The van der Waals surface area contributed by atoms with Crippen LogP contribution in [0.25, 0.3) is 0 Å². The maximum Gasteiger partial charge on any atom is 0.0934 e. The summed E-state index contributed by atoms with van der Waals surface area (Å²) in [6, 6.07) is 3.11. The smallest absolute Gasteiger partial charge is 0.0934 e. The summed E-state index contributed by atoms with van der Waals surface area (Å²) < 4.78 is 6.04. The van der Waals surface area contributed by atoms with Gasteiger partial charge in [-0.2, -0.15) is 0 Å². The fraction of sp³-hybridized carbons (Fsp3) is 0.692. The second-order valence-corrected chi connectivity index (χ2v) is 6.49. The lowest BCUT2D eigenvalue weighted by Gasteiger charge is -2.27. The Morgan fingerprint density at radius 3 is 3.24 bits per heavy atom. The molecule has 0 spiro atoms. The summed E-state index contributed by atoms with van der Waals surface area (Å²) in [4.78, 5) is 1.47. The molecule has 2 unspecified atom stereocenters. The average Bonchev–Trinajstić information content (AvgIpc) is 2.68. The van der Waals surface area contributed by atoms with Crippen molar-refractivity contribution in [3.05, 3.63) is 20.8 Å². The van der Waals surface area contributed by atoms with Gasteiger partial charge in [0.15, 0.2) is 0 Å². The van der Waals surface area contributed by atoms with Crippen LogP contribution < -0.4 is 5.32 Å². The maximum atomic E-state index is 6.11. The molecule has 1 aromatic rings. The molecule has 1 heterocycles. The molecule has 0 amide bonds. The molecular weight excluding hydrogens is 254 g/mol. The number of aryl methyl sites for hydroxylation is 1. The Morgan fingerprint density at radius 2 is 2.47 bits per heavy atom. The highest BCUT2D eigenvalue weighted by Crippen LogP contribution is 2.38. The SMILES string of the molecule is COCCC(C)NC1CCCc2sc(Cl)cc21. The number of nitrogens with one attached hydrogen (secondary N) is 1. The molecule has 0 radical (unpaired) electrons. The van der Waals surface area contributed by atoms with E-state index in [0.717, 1.165) is 17.4 Å². The first kappa shape index (κ1) is 13.3. The van der Waals surface area contributed by atoms with Crippen LogP contribution in [0.3, 0.4) is 0 Å². The molecule has 0 bridgehead atoms. The minimum atomic E-state index is 0.481. The van der Waals surface area contributed by atoms with Gasteiger partial charge in [-0.15, -0.1) is 11.3 Å². The van der Waals surface area contributed by atoms with E-state index in [0.29, 0.717) is 12.1 Å². The Labute approximate surface area is 112 Å². The van der Waals surface area contributed by atoms with Crippen LogP contribution in [-0.2, 0) is 11.2 Å². The highest BCUT2D eigenvalue weighted by molar-refractivity contribution is 7.16. The van der Waals surface area contributed by atoms with E-state index in [-0.39, 0.29) is 0 Å². The summed E-state index contributed by atoms with van der Waals surface area (Å²) in [7, 11) is 1.75. The number of ether oxygens (including phenoxy) is 1. The highest BCUT2D eigenvalue weighted by atomic mass is 35.5. The second kappa shape index (κ2) is 6.19. The molecule has 1 aliphatic carbocycles. The molecule has 0 fully saturated rings. The van der Waals surface area contributed by atoms with Crippen LogP contribution in [0, 0.1) is 0 Å². The second-order valence-electron chi connectivity index (χ2n) is 4.72. The number of hydrogen-bond acceptors (Lipinski definition) is 3. The fourth-order valence-electron chi connectivity index (χ4n) is 2.42. The zero-order chi connectivity index (χ0) is 12.3. The maximum absolute atomic E-state index is 6.11. The Morgan fingerprint density at radius 1 is 1.65 bits per heavy atom. The first-order chi connectivity index (χ1) is 8.20. The number of thiophene rings is 1. The molecule has 0 saturated heterocycles. The summed E-state index contributed by atoms with van der Waals surface area (Å²) in [6.45, 7) is 3.04. The third-order valence-electron chi connectivity index (χ3n) is 3.32. The van der Waals surface area contributed by atoms with Crippen molar-refractivity contribution < 1.29 is 4.74 Å². The van der Waals surface area contributed by atoms with Gasteiger partial charge in [0.2, 0.25) is 0 Å². The van der Waals surface area contributed by atoms with Crippen LogP contribution in [0.1, 0.15) is 42.7 Å². The number of fused-ring (bicyclic) bond motifs is 1. The number of methoxy groups -OCH3 is 1. The van der Waals surface area contributed by atoms with Crippen molar-refractivity contribution in [2.45, 2.75) is 44.7 Å². The lowest BCUT2D eigenvalue weighted by atomic mass is 9.93. The number of rotatable bonds is 5. The zero-order valence-corrected chi connectivity index (χ0v) is 12.0. The van der Waals surface area contributed by atoms with E-state index in [2.05, 4.69) is 18.3 Å². The van der Waals surface area contributed by atoms with Crippen LogP contribution in [0.15, 0.2) is 6.07 Å². The minimum absolute atomic E-state index is 0.481. The lowest BCUT2D eigenvalue weighted by molar-refractivity contribution is 0.182. The van der Waals surface area contributed by atoms with Crippen molar-refractivity contribution in [1.29, 1.82) is 0 Å². The lowest BCUT2D eigenvalue weighted by Crippen LogP contribution is -2.33. The number of hydrogen-bond donors (Lipinski definition) is 1. The van der Waals surface area contributed by atoms with Crippen molar-refractivity contribution in [3.63, 3.8) is 0 Å². The summed E-state index contributed by atoms with van der Waals surface area (Å²) >= 11 is 7.85. The molecule has 2 nitrogen and oxygen atoms in total. The molecule has 4 heteroatoms. The van der Waals surface area contributed by atoms with E-state index in [1.165, 1.54) is 29.7 Å². The van der Waals surface area contributed by atoms with E-state index in [4.69, 9.17) is 16.3 Å². The topological polar surface area (TPSA) is 21.3 Å². The molecule has 2 rings (SSSR count). The van der Waals surface area contributed by atoms with Gasteiger partial charge in [-0.1, -0.05) is 11.6 Å². The standard InChI is InChI=1S/C13H20ClNOS/c1-9(6-7-16-2)15-11-4-3-5-12-10(11)8-13(14)17-12/h8-9,11,15H,3-7H2,1-2H3. The average molecular weight is 274 g/mol. The van der Waals surface area contributed by atoms with Crippen LogP contribution >= 0.6 is 22.9 Å². The van der Waals surface area contributed by atoms with Gasteiger partial charge in [0.1, 0.15) is 0 Å². The van der Waals surface area contributed by atoms with Gasteiger partial charge in [0.25, 0.3) is 0 Å². The van der Waals surface area contributed by atoms with Gasteiger partial charge >= 0.3 is 0 Å². The molecular formula is C13H20ClNOS.